The summed E-state index contributed by atoms with van der Waals surface area (Å²) < 4.78 is 35.3. The van der Waals surface area contributed by atoms with Crippen LogP contribution in [-0.4, -0.2) is 13.2 Å². The Bertz CT molecular complexity index is 824. The molecule has 0 bridgehead atoms. The fraction of sp³-hybridized carbons (Fsp3) is 0.217. The molecule has 0 aliphatic carbocycles. The van der Waals surface area contributed by atoms with E-state index in [2.05, 4.69) is 0 Å². The lowest BCUT2D eigenvalue weighted by Crippen LogP contribution is -2.07. The Morgan fingerprint density at radius 2 is 0.931 bits per heavy atom. The maximum atomic E-state index is 13.1. The number of hydrogen-bond donors (Lipinski definition) is 0. The van der Waals surface area contributed by atoms with Crippen LogP contribution in [0.3, 0.4) is 0 Å². The van der Waals surface area contributed by atoms with Gasteiger partial charge in [-0.15, -0.1) is 0 Å². The first-order valence-electron chi connectivity index (χ1n) is 9.47. The molecule has 0 atom stereocenters. The van der Waals surface area contributed by atoms with Crippen LogP contribution in [0.5, 0.6) is 0 Å². The second kappa shape index (κ2) is 11.7. The summed E-state index contributed by atoms with van der Waals surface area (Å²) in [4.78, 5) is 0. The topological polar surface area (TPSA) is 54.0 Å². The predicted molar refractivity (Wildman–Crippen MR) is 112 cm³/mol. The molecule has 3 rings (SSSR count). The van der Waals surface area contributed by atoms with Gasteiger partial charge in [0, 0.05) is 0 Å². The fourth-order valence-electron chi connectivity index (χ4n) is 2.54. The molecule has 0 fully saturated rings. The third-order valence-corrected chi connectivity index (χ3v) is 5.44. The highest BCUT2D eigenvalue weighted by molar-refractivity contribution is 7.48. The maximum absolute atomic E-state index is 13.1. The van der Waals surface area contributed by atoms with E-state index < -0.39 is 7.82 Å². The number of rotatable bonds is 12. The van der Waals surface area contributed by atoms with E-state index in [9.17, 15) is 4.57 Å². The molecule has 0 saturated carbocycles. The number of phosphoric acid groups is 1. The highest BCUT2D eigenvalue weighted by Gasteiger charge is 2.27. The lowest BCUT2D eigenvalue weighted by Gasteiger charge is -2.18. The van der Waals surface area contributed by atoms with E-state index in [-0.39, 0.29) is 26.4 Å². The molecule has 0 radical (unpaired) electrons. The van der Waals surface area contributed by atoms with Crippen LogP contribution in [0.4, 0.5) is 0 Å². The average molecular weight is 412 g/mol. The average Bonchev–Trinajstić information content (AvgIpc) is 2.78. The van der Waals surface area contributed by atoms with Crippen molar-refractivity contribution in [2.75, 3.05) is 13.2 Å². The Kier molecular flexibility index (Phi) is 8.62. The van der Waals surface area contributed by atoms with Gasteiger partial charge in [0.25, 0.3) is 0 Å². The van der Waals surface area contributed by atoms with Crippen molar-refractivity contribution in [3.63, 3.8) is 0 Å². The van der Waals surface area contributed by atoms with Gasteiger partial charge in [0.2, 0.25) is 0 Å². The van der Waals surface area contributed by atoms with Gasteiger partial charge < -0.3 is 4.74 Å². The predicted octanol–water partition coefficient (Wildman–Crippen LogP) is 5.76. The normalized spacial score (nSPS) is 11.4. The van der Waals surface area contributed by atoms with E-state index in [1.54, 1.807) is 0 Å². The monoisotopic (exact) mass is 412 g/mol. The third-order valence-electron chi connectivity index (χ3n) is 4.05. The summed E-state index contributed by atoms with van der Waals surface area (Å²) in [6, 6.07) is 28.8. The number of ether oxygens (including phenoxy) is 1. The molecule has 0 aromatic heterocycles. The van der Waals surface area contributed by atoms with Crippen LogP contribution in [0, 0.1) is 0 Å². The van der Waals surface area contributed by atoms with Crippen LogP contribution < -0.4 is 0 Å². The van der Waals surface area contributed by atoms with E-state index in [0.717, 1.165) is 16.7 Å². The van der Waals surface area contributed by atoms with Gasteiger partial charge in [-0.1, -0.05) is 91.0 Å². The molecule has 0 saturated heterocycles. The molecule has 0 aliphatic heterocycles. The molecule has 0 spiro atoms. The number of benzene rings is 3. The minimum absolute atomic E-state index is 0.105. The van der Waals surface area contributed by atoms with Crippen molar-refractivity contribution < 1.29 is 22.9 Å². The summed E-state index contributed by atoms with van der Waals surface area (Å²) in [5.41, 5.74) is 2.84. The highest BCUT2D eigenvalue weighted by Crippen LogP contribution is 2.50. The van der Waals surface area contributed by atoms with Gasteiger partial charge in [-0.25, -0.2) is 4.57 Å². The summed E-state index contributed by atoms with van der Waals surface area (Å²) >= 11 is 0. The molecular weight excluding hydrogens is 387 g/mol. The zero-order valence-corrected chi connectivity index (χ0v) is 17.1. The molecule has 152 valence electrons. The van der Waals surface area contributed by atoms with Gasteiger partial charge in [0.05, 0.1) is 33.0 Å². The Balaban J connectivity index is 1.50. The summed E-state index contributed by atoms with van der Waals surface area (Å²) in [6.45, 7) is 1.12. The lowest BCUT2D eigenvalue weighted by atomic mass is 10.2. The zero-order chi connectivity index (χ0) is 20.2. The molecule has 29 heavy (non-hydrogen) atoms. The molecule has 6 heteroatoms. The van der Waals surface area contributed by atoms with Crippen molar-refractivity contribution in [2.24, 2.45) is 0 Å². The van der Waals surface area contributed by atoms with Crippen LogP contribution in [0.2, 0.25) is 0 Å². The summed E-state index contributed by atoms with van der Waals surface area (Å²) in [6.07, 6.45) is 0. The standard InChI is InChI=1S/C23H25O5P/c24-29(27-19-22-12-6-2-7-13-22,28-20-23-14-8-3-9-15-23)26-17-16-25-18-21-10-4-1-5-11-21/h1-15H,16-20H2. The minimum Gasteiger partial charge on any atom is -0.374 e. The van der Waals surface area contributed by atoms with Crippen molar-refractivity contribution in [1.29, 1.82) is 0 Å². The van der Waals surface area contributed by atoms with E-state index in [1.165, 1.54) is 0 Å². The van der Waals surface area contributed by atoms with E-state index in [4.69, 9.17) is 18.3 Å². The quantitative estimate of drug-likeness (QED) is 0.280. The molecule has 0 amide bonds. The first-order valence-corrected chi connectivity index (χ1v) is 10.9. The first kappa shape index (κ1) is 21.4. The third kappa shape index (κ3) is 7.94. The van der Waals surface area contributed by atoms with E-state index in [0.29, 0.717) is 6.61 Å². The van der Waals surface area contributed by atoms with Gasteiger partial charge in [-0.2, -0.15) is 0 Å². The second-order valence-corrected chi connectivity index (χ2v) is 8.01. The van der Waals surface area contributed by atoms with Crippen LogP contribution in [-0.2, 0) is 42.7 Å². The van der Waals surface area contributed by atoms with E-state index in [1.807, 2.05) is 91.0 Å². The number of hydrogen-bond acceptors (Lipinski definition) is 5. The van der Waals surface area contributed by atoms with Crippen molar-refractivity contribution in [1.82, 2.24) is 0 Å². The number of phosphoric ester groups is 1. The molecule has 0 heterocycles. The van der Waals surface area contributed by atoms with Gasteiger partial charge in [0.1, 0.15) is 0 Å². The molecular formula is C23H25O5P. The van der Waals surface area contributed by atoms with Gasteiger partial charge >= 0.3 is 7.82 Å². The van der Waals surface area contributed by atoms with Crippen LogP contribution >= 0.6 is 7.82 Å². The molecule has 0 unspecified atom stereocenters. The van der Waals surface area contributed by atoms with Crippen molar-refractivity contribution >= 4 is 7.82 Å². The fourth-order valence-corrected chi connectivity index (χ4v) is 3.68. The van der Waals surface area contributed by atoms with Crippen LogP contribution in [0.25, 0.3) is 0 Å². The molecule has 0 N–H and O–H groups in total. The Labute approximate surface area is 171 Å². The van der Waals surface area contributed by atoms with Gasteiger partial charge in [-0.3, -0.25) is 13.6 Å². The molecule has 0 aliphatic rings. The zero-order valence-electron chi connectivity index (χ0n) is 16.2. The molecule has 5 nitrogen and oxygen atoms in total. The van der Waals surface area contributed by atoms with Gasteiger partial charge in [-0.05, 0) is 16.7 Å². The smallest absolute Gasteiger partial charge is 0.374 e. The molecule has 3 aromatic rings. The van der Waals surface area contributed by atoms with E-state index >= 15 is 0 Å². The first-order chi connectivity index (χ1) is 14.2. The Morgan fingerprint density at radius 3 is 1.38 bits per heavy atom. The summed E-state index contributed by atoms with van der Waals surface area (Å²) in [7, 11) is -3.74. The van der Waals surface area contributed by atoms with Crippen molar-refractivity contribution in [3.05, 3.63) is 108 Å². The summed E-state index contributed by atoms with van der Waals surface area (Å²) in [5, 5.41) is 0. The minimum atomic E-state index is -3.74. The maximum Gasteiger partial charge on any atom is 0.475 e. The second-order valence-electron chi connectivity index (χ2n) is 6.34. The SMILES string of the molecule is O=P(OCCOCc1ccccc1)(OCc1ccccc1)OCc1ccccc1. The lowest BCUT2D eigenvalue weighted by molar-refractivity contribution is 0.0543. The Morgan fingerprint density at radius 1 is 0.517 bits per heavy atom. The summed E-state index contributed by atoms with van der Waals surface area (Å²) in [5.74, 6) is 0. The van der Waals surface area contributed by atoms with Crippen molar-refractivity contribution in [2.45, 2.75) is 19.8 Å². The van der Waals surface area contributed by atoms with Gasteiger partial charge in [0.15, 0.2) is 0 Å². The largest absolute Gasteiger partial charge is 0.475 e. The van der Waals surface area contributed by atoms with Crippen LogP contribution in [0.1, 0.15) is 16.7 Å². The molecule has 3 aromatic carbocycles. The highest BCUT2D eigenvalue weighted by atomic mass is 31.2. The Hall–Kier alpha value is -2.27. The van der Waals surface area contributed by atoms with Crippen molar-refractivity contribution in [3.8, 4) is 0 Å². The van der Waals surface area contributed by atoms with Crippen LogP contribution in [0.15, 0.2) is 91.0 Å².